The van der Waals surface area contributed by atoms with Crippen LogP contribution in [-0.4, -0.2) is 45.7 Å². The van der Waals surface area contributed by atoms with Crippen molar-refractivity contribution in [2.24, 2.45) is 5.92 Å². The molecule has 0 unspecified atom stereocenters. The molecule has 1 aliphatic rings. The first kappa shape index (κ1) is 10.4. The van der Waals surface area contributed by atoms with Crippen LogP contribution in [0.1, 0.15) is 13.8 Å². The number of carboxylic acids is 1. The number of rotatable bonds is 1. The number of aliphatic hydroxyl groups is 2. The normalized spacial score (nSPS) is 46.0. The summed E-state index contributed by atoms with van der Waals surface area (Å²) in [6.45, 7) is 3.38. The van der Waals surface area contributed by atoms with E-state index in [1.807, 2.05) is 0 Å². The van der Waals surface area contributed by atoms with Crippen molar-refractivity contribution in [2.75, 3.05) is 0 Å². The number of ether oxygens (including phenoxy) is 1. The molecule has 5 atom stereocenters. The Balaban J connectivity index is 2.76. The lowest BCUT2D eigenvalue weighted by Gasteiger charge is -2.38. The van der Waals surface area contributed by atoms with Gasteiger partial charge in [0, 0.05) is 5.92 Å². The first-order valence-corrected chi connectivity index (χ1v) is 4.19. The van der Waals surface area contributed by atoms with E-state index < -0.39 is 24.3 Å². The van der Waals surface area contributed by atoms with E-state index in [0.29, 0.717) is 0 Å². The van der Waals surface area contributed by atoms with Crippen LogP contribution in [0.4, 0.5) is 0 Å². The number of hydrogen-bond donors (Lipinski definition) is 3. The molecule has 1 fully saturated rings. The molecule has 0 aromatic carbocycles. The first-order chi connectivity index (χ1) is 5.95. The van der Waals surface area contributed by atoms with Crippen LogP contribution in [-0.2, 0) is 9.53 Å². The molecular weight excluding hydrogens is 176 g/mol. The van der Waals surface area contributed by atoms with Gasteiger partial charge in [0.15, 0.2) is 6.10 Å². The number of aliphatic carboxylic acids is 1. The maximum atomic E-state index is 10.6. The molecule has 0 aromatic heterocycles. The molecule has 0 radical (unpaired) electrons. The highest BCUT2D eigenvalue weighted by molar-refractivity contribution is 5.73. The summed E-state index contributed by atoms with van der Waals surface area (Å²) in [5.41, 5.74) is 0. The van der Waals surface area contributed by atoms with Crippen LogP contribution in [0.25, 0.3) is 0 Å². The maximum Gasteiger partial charge on any atom is 0.335 e. The van der Waals surface area contributed by atoms with Gasteiger partial charge in [-0.2, -0.15) is 0 Å². The highest BCUT2D eigenvalue weighted by atomic mass is 16.5. The Morgan fingerprint density at radius 3 is 2.23 bits per heavy atom. The molecule has 13 heavy (non-hydrogen) atoms. The Morgan fingerprint density at radius 2 is 1.77 bits per heavy atom. The lowest BCUT2D eigenvalue weighted by molar-refractivity contribution is -0.206. The van der Waals surface area contributed by atoms with Crippen molar-refractivity contribution < 1.29 is 24.9 Å². The molecule has 1 heterocycles. The molecule has 0 aliphatic carbocycles. The largest absolute Gasteiger partial charge is 0.479 e. The highest BCUT2D eigenvalue weighted by Crippen LogP contribution is 2.25. The molecule has 5 heteroatoms. The minimum Gasteiger partial charge on any atom is -0.479 e. The van der Waals surface area contributed by atoms with E-state index in [0.717, 1.165) is 0 Å². The smallest absolute Gasteiger partial charge is 0.335 e. The summed E-state index contributed by atoms with van der Waals surface area (Å²) in [6.07, 6.45) is -4.06. The van der Waals surface area contributed by atoms with Crippen LogP contribution < -0.4 is 0 Å². The van der Waals surface area contributed by atoms with Crippen molar-refractivity contribution in [3.63, 3.8) is 0 Å². The summed E-state index contributed by atoms with van der Waals surface area (Å²) in [6, 6.07) is 0. The molecule has 0 saturated carbocycles. The van der Waals surface area contributed by atoms with Crippen molar-refractivity contribution in [3.05, 3.63) is 0 Å². The lowest BCUT2D eigenvalue weighted by Crippen LogP contribution is -2.55. The fourth-order valence-electron chi connectivity index (χ4n) is 1.41. The van der Waals surface area contributed by atoms with Gasteiger partial charge in [0.2, 0.25) is 0 Å². The quantitative estimate of drug-likeness (QED) is 0.504. The van der Waals surface area contributed by atoms with Gasteiger partial charge in [-0.1, -0.05) is 6.92 Å². The van der Waals surface area contributed by atoms with Gasteiger partial charge in [0.1, 0.15) is 6.10 Å². The average Bonchev–Trinajstić information content (AvgIpc) is 2.07. The molecule has 0 bridgehead atoms. The summed E-state index contributed by atoms with van der Waals surface area (Å²) in [7, 11) is 0. The molecular formula is C8H14O5. The molecule has 5 nitrogen and oxygen atoms in total. The van der Waals surface area contributed by atoms with Crippen LogP contribution in [0.15, 0.2) is 0 Å². The third kappa shape index (κ3) is 1.82. The van der Waals surface area contributed by atoms with Crippen LogP contribution in [0.5, 0.6) is 0 Å². The fourth-order valence-corrected chi connectivity index (χ4v) is 1.41. The molecule has 0 amide bonds. The van der Waals surface area contributed by atoms with E-state index in [2.05, 4.69) is 0 Å². The van der Waals surface area contributed by atoms with Crippen molar-refractivity contribution in [1.82, 2.24) is 0 Å². The number of carbonyl (C=O) groups is 1. The van der Waals surface area contributed by atoms with E-state index in [1.54, 1.807) is 13.8 Å². The van der Waals surface area contributed by atoms with Gasteiger partial charge in [0.05, 0.1) is 12.2 Å². The Labute approximate surface area is 75.9 Å². The van der Waals surface area contributed by atoms with Crippen LogP contribution >= 0.6 is 0 Å². The maximum absolute atomic E-state index is 10.6. The SMILES string of the molecule is C[C@@H]1[C@@H](O)[C@H](O)[C@@H](C(=O)O)O[C@H]1C. The molecule has 1 rings (SSSR count). The predicted molar refractivity (Wildman–Crippen MR) is 43.1 cm³/mol. The molecule has 0 aromatic rings. The fraction of sp³-hybridized carbons (Fsp3) is 0.875. The molecule has 3 N–H and O–H groups in total. The number of carboxylic acid groups (broad SMARTS) is 1. The van der Waals surface area contributed by atoms with Gasteiger partial charge >= 0.3 is 5.97 Å². The number of hydrogen-bond acceptors (Lipinski definition) is 4. The molecule has 1 saturated heterocycles. The predicted octanol–water partition coefficient (Wildman–Crippen LogP) is -0.784. The van der Waals surface area contributed by atoms with Gasteiger partial charge in [-0.25, -0.2) is 4.79 Å². The van der Waals surface area contributed by atoms with Crippen molar-refractivity contribution in [3.8, 4) is 0 Å². The van der Waals surface area contributed by atoms with Gasteiger partial charge < -0.3 is 20.1 Å². The number of aliphatic hydroxyl groups excluding tert-OH is 2. The highest BCUT2D eigenvalue weighted by Gasteiger charge is 2.43. The topological polar surface area (TPSA) is 87.0 Å². The summed E-state index contributed by atoms with van der Waals surface area (Å²) >= 11 is 0. The van der Waals surface area contributed by atoms with E-state index >= 15 is 0 Å². The van der Waals surface area contributed by atoms with Crippen LogP contribution in [0.3, 0.4) is 0 Å². The van der Waals surface area contributed by atoms with Crippen LogP contribution in [0.2, 0.25) is 0 Å². The van der Waals surface area contributed by atoms with Gasteiger partial charge in [-0.15, -0.1) is 0 Å². The van der Waals surface area contributed by atoms with Gasteiger partial charge in [0.25, 0.3) is 0 Å². The average molecular weight is 190 g/mol. The summed E-state index contributed by atoms with van der Waals surface area (Å²) < 4.78 is 5.03. The molecule has 0 spiro atoms. The summed E-state index contributed by atoms with van der Waals surface area (Å²) in [5, 5.41) is 27.4. The van der Waals surface area contributed by atoms with Crippen molar-refractivity contribution >= 4 is 5.97 Å². The zero-order chi connectivity index (χ0) is 10.2. The molecule has 1 aliphatic heterocycles. The zero-order valence-electron chi connectivity index (χ0n) is 7.54. The molecule has 76 valence electrons. The lowest BCUT2D eigenvalue weighted by atomic mass is 9.89. The monoisotopic (exact) mass is 190 g/mol. The Kier molecular flexibility index (Phi) is 2.90. The Bertz CT molecular complexity index is 205. The third-order valence-electron chi connectivity index (χ3n) is 2.54. The minimum absolute atomic E-state index is 0.259. The second-order valence-electron chi connectivity index (χ2n) is 3.44. The minimum atomic E-state index is -1.34. The van der Waals surface area contributed by atoms with Gasteiger partial charge in [-0.05, 0) is 6.92 Å². The van der Waals surface area contributed by atoms with Crippen molar-refractivity contribution in [1.29, 1.82) is 0 Å². The van der Waals surface area contributed by atoms with E-state index in [9.17, 15) is 15.0 Å². The van der Waals surface area contributed by atoms with Gasteiger partial charge in [-0.3, -0.25) is 0 Å². The first-order valence-electron chi connectivity index (χ1n) is 4.19. The van der Waals surface area contributed by atoms with E-state index in [-0.39, 0.29) is 12.0 Å². The second kappa shape index (κ2) is 3.61. The Hall–Kier alpha value is -0.650. The third-order valence-corrected chi connectivity index (χ3v) is 2.54. The van der Waals surface area contributed by atoms with Crippen LogP contribution in [0, 0.1) is 5.92 Å². The van der Waals surface area contributed by atoms with Crippen molar-refractivity contribution in [2.45, 2.75) is 38.3 Å². The van der Waals surface area contributed by atoms with E-state index in [4.69, 9.17) is 9.84 Å². The standard InChI is InChI=1S/C8H14O5/c1-3-4(2)13-7(8(11)12)6(10)5(3)9/h3-7,9-10H,1-2H3,(H,11,12)/t3-,4-,5+,6-,7-/m0/s1. The Morgan fingerprint density at radius 1 is 1.23 bits per heavy atom. The summed E-state index contributed by atoms with van der Waals surface area (Å²) in [5.74, 6) is -1.50. The second-order valence-corrected chi connectivity index (χ2v) is 3.44. The zero-order valence-corrected chi connectivity index (χ0v) is 7.54. The summed E-state index contributed by atoms with van der Waals surface area (Å²) in [4.78, 5) is 10.6. The van der Waals surface area contributed by atoms with E-state index in [1.165, 1.54) is 0 Å².